The molecule has 0 spiro atoms. The lowest BCUT2D eigenvalue weighted by Crippen LogP contribution is -2.11. The van der Waals surface area contributed by atoms with Gasteiger partial charge in [0.25, 0.3) is 5.91 Å². The van der Waals surface area contributed by atoms with Gasteiger partial charge in [0.15, 0.2) is 5.13 Å². The summed E-state index contributed by atoms with van der Waals surface area (Å²) in [6, 6.07) is 20.5. The first-order chi connectivity index (χ1) is 14.2. The first-order valence-corrected chi connectivity index (χ1v) is 9.72. The molecular weight excluding hydrogens is 384 g/mol. The van der Waals surface area contributed by atoms with Crippen molar-refractivity contribution < 1.29 is 9.53 Å². The van der Waals surface area contributed by atoms with E-state index in [1.54, 1.807) is 30.6 Å². The van der Waals surface area contributed by atoms with Gasteiger partial charge < -0.3 is 4.74 Å². The van der Waals surface area contributed by atoms with Gasteiger partial charge in [-0.1, -0.05) is 29.5 Å². The predicted molar refractivity (Wildman–Crippen MR) is 114 cm³/mol. The standard InChI is InChI=1S/C22H14N4O2S/c27-21(14-6-8-17-19(12-14)24-11-10-23-17)26-22-25-18-9-7-16(13-20(18)29-22)28-15-4-2-1-3-5-15/h1-13H,(H,25,26,27). The number of nitrogens with one attached hydrogen (secondary N) is 1. The third-order valence-electron chi connectivity index (χ3n) is 4.29. The number of hydrogen-bond acceptors (Lipinski definition) is 6. The van der Waals surface area contributed by atoms with Crippen molar-refractivity contribution in [2.45, 2.75) is 0 Å². The number of aromatic nitrogens is 3. The van der Waals surface area contributed by atoms with Gasteiger partial charge in [0.05, 0.1) is 21.3 Å². The third kappa shape index (κ3) is 3.63. The van der Waals surface area contributed by atoms with E-state index >= 15 is 0 Å². The fourth-order valence-corrected chi connectivity index (χ4v) is 3.81. The molecule has 0 aliphatic rings. The molecule has 140 valence electrons. The maximum atomic E-state index is 12.6. The Labute approximate surface area is 169 Å². The van der Waals surface area contributed by atoms with Gasteiger partial charge >= 0.3 is 0 Å². The second kappa shape index (κ2) is 7.29. The van der Waals surface area contributed by atoms with Gasteiger partial charge in [-0.15, -0.1) is 0 Å². The number of benzene rings is 3. The summed E-state index contributed by atoms with van der Waals surface area (Å²) in [6.07, 6.45) is 3.23. The van der Waals surface area contributed by atoms with E-state index in [1.807, 2.05) is 48.5 Å². The highest BCUT2D eigenvalue weighted by atomic mass is 32.1. The average molecular weight is 398 g/mol. The molecule has 7 heteroatoms. The Bertz CT molecular complexity index is 1330. The number of hydrogen-bond donors (Lipinski definition) is 1. The monoisotopic (exact) mass is 398 g/mol. The Kier molecular flexibility index (Phi) is 4.34. The SMILES string of the molecule is O=C(Nc1nc2ccc(Oc3ccccc3)cc2s1)c1ccc2nccnc2c1. The molecular formula is C22H14N4O2S. The van der Waals surface area contributed by atoms with E-state index in [2.05, 4.69) is 20.3 Å². The minimum atomic E-state index is -0.239. The highest BCUT2D eigenvalue weighted by Gasteiger charge is 2.12. The molecule has 0 atom stereocenters. The molecule has 2 aromatic heterocycles. The zero-order chi connectivity index (χ0) is 19.6. The van der Waals surface area contributed by atoms with Gasteiger partial charge in [-0.05, 0) is 42.5 Å². The number of para-hydroxylation sites is 1. The van der Waals surface area contributed by atoms with Crippen molar-refractivity contribution in [3.05, 3.63) is 84.7 Å². The molecule has 0 aliphatic heterocycles. The lowest BCUT2D eigenvalue weighted by atomic mass is 10.2. The minimum Gasteiger partial charge on any atom is -0.457 e. The van der Waals surface area contributed by atoms with E-state index in [1.165, 1.54) is 11.3 Å². The zero-order valence-electron chi connectivity index (χ0n) is 15.1. The van der Waals surface area contributed by atoms with Crippen LogP contribution in [0.1, 0.15) is 10.4 Å². The number of amides is 1. The summed E-state index contributed by atoms with van der Waals surface area (Å²) in [6.45, 7) is 0. The second-order valence-corrected chi connectivity index (χ2v) is 7.31. The van der Waals surface area contributed by atoms with Crippen molar-refractivity contribution in [3.63, 3.8) is 0 Å². The van der Waals surface area contributed by atoms with Crippen LogP contribution in [0.2, 0.25) is 0 Å². The fraction of sp³-hybridized carbons (Fsp3) is 0. The first kappa shape index (κ1) is 17.3. The summed E-state index contributed by atoms with van der Waals surface area (Å²) >= 11 is 1.40. The van der Waals surface area contributed by atoms with E-state index in [0.717, 1.165) is 27.2 Å². The molecule has 0 fully saturated rings. The summed E-state index contributed by atoms with van der Waals surface area (Å²) in [4.78, 5) is 25.6. The van der Waals surface area contributed by atoms with Crippen molar-refractivity contribution in [1.82, 2.24) is 15.0 Å². The molecule has 0 bridgehead atoms. The van der Waals surface area contributed by atoms with Crippen LogP contribution in [-0.4, -0.2) is 20.9 Å². The van der Waals surface area contributed by atoms with E-state index in [9.17, 15) is 4.79 Å². The van der Waals surface area contributed by atoms with Crippen molar-refractivity contribution in [2.24, 2.45) is 0 Å². The summed E-state index contributed by atoms with van der Waals surface area (Å²) in [5.74, 6) is 1.25. The summed E-state index contributed by atoms with van der Waals surface area (Å²) in [5, 5.41) is 3.39. The Morgan fingerprint density at radius 1 is 0.828 bits per heavy atom. The molecule has 5 rings (SSSR count). The van der Waals surface area contributed by atoms with Crippen LogP contribution < -0.4 is 10.1 Å². The largest absolute Gasteiger partial charge is 0.457 e. The summed E-state index contributed by atoms with van der Waals surface area (Å²) in [7, 11) is 0. The van der Waals surface area contributed by atoms with Crippen molar-refractivity contribution in [2.75, 3.05) is 5.32 Å². The van der Waals surface area contributed by atoms with Crippen LogP contribution in [0.5, 0.6) is 11.5 Å². The van der Waals surface area contributed by atoms with Gasteiger partial charge in [-0.3, -0.25) is 20.1 Å². The number of ether oxygens (including phenoxy) is 1. The molecule has 2 heterocycles. The zero-order valence-corrected chi connectivity index (χ0v) is 15.9. The Hall–Kier alpha value is -3.84. The molecule has 0 aliphatic carbocycles. The second-order valence-electron chi connectivity index (χ2n) is 6.28. The molecule has 6 nitrogen and oxygen atoms in total. The molecule has 0 saturated carbocycles. The minimum absolute atomic E-state index is 0.239. The van der Waals surface area contributed by atoms with Crippen molar-refractivity contribution in [1.29, 1.82) is 0 Å². The molecule has 0 radical (unpaired) electrons. The van der Waals surface area contributed by atoms with Crippen LogP contribution >= 0.6 is 11.3 Å². The topological polar surface area (TPSA) is 77.0 Å². The Balaban J connectivity index is 1.37. The van der Waals surface area contributed by atoms with E-state index in [-0.39, 0.29) is 5.91 Å². The Morgan fingerprint density at radius 2 is 1.62 bits per heavy atom. The molecule has 1 N–H and O–H groups in total. The smallest absolute Gasteiger partial charge is 0.257 e. The lowest BCUT2D eigenvalue weighted by molar-refractivity contribution is 0.102. The number of carbonyl (C=O) groups excluding carboxylic acids is 1. The number of nitrogens with zero attached hydrogens (tertiary/aromatic N) is 3. The molecule has 0 saturated heterocycles. The quantitative estimate of drug-likeness (QED) is 0.445. The fourth-order valence-electron chi connectivity index (χ4n) is 2.92. The van der Waals surface area contributed by atoms with Crippen LogP contribution in [0, 0.1) is 0 Å². The highest BCUT2D eigenvalue weighted by Crippen LogP contribution is 2.31. The number of carbonyl (C=O) groups is 1. The molecule has 5 aromatic rings. The van der Waals surface area contributed by atoms with Crippen LogP contribution in [0.4, 0.5) is 5.13 Å². The predicted octanol–water partition coefficient (Wildman–Crippen LogP) is 5.28. The maximum absolute atomic E-state index is 12.6. The highest BCUT2D eigenvalue weighted by molar-refractivity contribution is 7.22. The first-order valence-electron chi connectivity index (χ1n) is 8.90. The van der Waals surface area contributed by atoms with E-state index < -0.39 is 0 Å². The van der Waals surface area contributed by atoms with E-state index in [4.69, 9.17) is 4.74 Å². The van der Waals surface area contributed by atoms with Gasteiger partial charge in [-0.25, -0.2) is 4.98 Å². The number of rotatable bonds is 4. The average Bonchev–Trinajstić information content (AvgIpc) is 3.15. The van der Waals surface area contributed by atoms with Crippen molar-refractivity contribution in [3.8, 4) is 11.5 Å². The number of thiazole rings is 1. The Morgan fingerprint density at radius 3 is 2.48 bits per heavy atom. The van der Waals surface area contributed by atoms with E-state index in [0.29, 0.717) is 16.2 Å². The van der Waals surface area contributed by atoms with Crippen molar-refractivity contribution >= 4 is 43.6 Å². The van der Waals surface area contributed by atoms with Crippen LogP contribution in [0.3, 0.4) is 0 Å². The van der Waals surface area contributed by atoms with Gasteiger partial charge in [0.1, 0.15) is 11.5 Å². The molecule has 1 amide bonds. The van der Waals surface area contributed by atoms with Crippen LogP contribution in [0.25, 0.3) is 21.3 Å². The lowest BCUT2D eigenvalue weighted by Gasteiger charge is -2.04. The summed E-state index contributed by atoms with van der Waals surface area (Å²) in [5.41, 5.74) is 2.72. The van der Waals surface area contributed by atoms with Gasteiger partial charge in [-0.2, -0.15) is 0 Å². The maximum Gasteiger partial charge on any atom is 0.257 e. The normalized spacial score (nSPS) is 10.9. The number of anilines is 1. The molecule has 0 unspecified atom stereocenters. The third-order valence-corrected chi connectivity index (χ3v) is 5.22. The molecule has 29 heavy (non-hydrogen) atoms. The number of fused-ring (bicyclic) bond motifs is 2. The van der Waals surface area contributed by atoms with Crippen LogP contribution in [-0.2, 0) is 0 Å². The van der Waals surface area contributed by atoms with Gasteiger partial charge in [0, 0.05) is 24.0 Å². The van der Waals surface area contributed by atoms with Gasteiger partial charge in [0.2, 0.25) is 0 Å². The van der Waals surface area contributed by atoms with Crippen LogP contribution in [0.15, 0.2) is 79.1 Å². The summed E-state index contributed by atoms with van der Waals surface area (Å²) < 4.78 is 6.79. The molecule has 3 aromatic carbocycles.